The van der Waals surface area contributed by atoms with Gasteiger partial charge in [0, 0.05) is 22.0 Å². The van der Waals surface area contributed by atoms with Crippen LogP contribution < -0.4 is 5.32 Å². The maximum absolute atomic E-state index is 12.3. The molecule has 0 aliphatic carbocycles. The number of fused-ring (bicyclic) bond motifs is 1. The summed E-state index contributed by atoms with van der Waals surface area (Å²) >= 11 is 0. The first-order valence-electron chi connectivity index (χ1n) is 7.54. The second kappa shape index (κ2) is 5.53. The number of aromatic nitrogens is 1. The van der Waals surface area contributed by atoms with Gasteiger partial charge in [0.1, 0.15) is 0 Å². The SMILES string of the molecule is Cc1[nH]c2c(C)ccc(C)c2c1CC(=O)N[C@H]1C=CS(=O)(=O)C1. The smallest absolute Gasteiger partial charge is 0.225 e. The molecule has 0 saturated carbocycles. The Morgan fingerprint density at radius 2 is 1.96 bits per heavy atom. The average Bonchev–Trinajstić information content (AvgIpc) is 2.96. The number of hydrogen-bond donors (Lipinski definition) is 2. The molecule has 5 nitrogen and oxygen atoms in total. The van der Waals surface area contributed by atoms with Crippen molar-refractivity contribution in [1.82, 2.24) is 10.3 Å². The lowest BCUT2D eigenvalue weighted by Crippen LogP contribution is -2.36. The van der Waals surface area contributed by atoms with Gasteiger partial charge in [-0.3, -0.25) is 4.79 Å². The van der Waals surface area contributed by atoms with Gasteiger partial charge in [-0.25, -0.2) is 8.42 Å². The molecule has 0 saturated heterocycles. The molecule has 1 atom stereocenters. The van der Waals surface area contributed by atoms with E-state index in [1.54, 1.807) is 0 Å². The van der Waals surface area contributed by atoms with Crippen molar-refractivity contribution in [3.63, 3.8) is 0 Å². The van der Waals surface area contributed by atoms with Crippen LogP contribution in [0.3, 0.4) is 0 Å². The van der Waals surface area contributed by atoms with Crippen molar-refractivity contribution in [2.75, 3.05) is 5.75 Å². The molecule has 2 N–H and O–H groups in total. The number of rotatable bonds is 3. The molecule has 122 valence electrons. The molecule has 2 heterocycles. The van der Waals surface area contributed by atoms with E-state index in [-0.39, 0.29) is 18.1 Å². The lowest BCUT2D eigenvalue weighted by atomic mass is 10.0. The van der Waals surface area contributed by atoms with E-state index in [9.17, 15) is 13.2 Å². The molecule has 1 aliphatic rings. The minimum atomic E-state index is -3.16. The summed E-state index contributed by atoms with van der Waals surface area (Å²) in [5, 5.41) is 5.04. The molecule has 0 unspecified atom stereocenters. The van der Waals surface area contributed by atoms with Crippen molar-refractivity contribution in [2.45, 2.75) is 33.2 Å². The van der Waals surface area contributed by atoms with E-state index < -0.39 is 15.9 Å². The molecule has 0 bridgehead atoms. The number of carbonyl (C=O) groups excluding carboxylic acids is 1. The van der Waals surface area contributed by atoms with E-state index in [2.05, 4.69) is 22.4 Å². The van der Waals surface area contributed by atoms with Crippen LogP contribution in [0.1, 0.15) is 22.4 Å². The number of nitrogens with one attached hydrogen (secondary N) is 2. The molecule has 1 aliphatic heterocycles. The highest BCUT2D eigenvalue weighted by atomic mass is 32.2. The third kappa shape index (κ3) is 3.03. The Labute approximate surface area is 135 Å². The van der Waals surface area contributed by atoms with Gasteiger partial charge in [-0.2, -0.15) is 0 Å². The largest absolute Gasteiger partial charge is 0.358 e. The number of aromatic amines is 1. The van der Waals surface area contributed by atoms with E-state index in [1.165, 1.54) is 11.5 Å². The standard InChI is InChI=1S/C17H20N2O3S/c1-10-4-5-11(2)17-16(10)14(12(3)18-17)8-15(20)19-13-6-7-23(21,22)9-13/h4-7,13,18H,8-9H2,1-3H3,(H,19,20)/t13-/m0/s1. The summed E-state index contributed by atoms with van der Waals surface area (Å²) in [7, 11) is -3.16. The van der Waals surface area contributed by atoms with Crippen LogP contribution in [0.5, 0.6) is 0 Å². The molecular formula is C17H20N2O3S. The number of amides is 1. The predicted molar refractivity (Wildman–Crippen MR) is 91.1 cm³/mol. The van der Waals surface area contributed by atoms with Gasteiger partial charge in [-0.05, 0) is 43.5 Å². The third-order valence-corrected chi connectivity index (χ3v) is 5.70. The second-order valence-corrected chi connectivity index (χ2v) is 8.12. The van der Waals surface area contributed by atoms with Crippen molar-refractivity contribution < 1.29 is 13.2 Å². The van der Waals surface area contributed by atoms with Crippen molar-refractivity contribution in [3.8, 4) is 0 Å². The molecule has 1 aromatic heterocycles. The molecule has 0 fully saturated rings. The maximum Gasteiger partial charge on any atom is 0.225 e. The Morgan fingerprint density at radius 3 is 2.61 bits per heavy atom. The lowest BCUT2D eigenvalue weighted by Gasteiger charge is -2.10. The van der Waals surface area contributed by atoms with E-state index in [1.807, 2.05) is 20.8 Å². The summed E-state index contributed by atoms with van der Waals surface area (Å²) in [5.41, 5.74) is 5.28. The minimum Gasteiger partial charge on any atom is -0.358 e. The first-order chi connectivity index (χ1) is 10.8. The van der Waals surface area contributed by atoms with Crippen LogP contribution in [-0.2, 0) is 21.1 Å². The molecule has 3 rings (SSSR count). The van der Waals surface area contributed by atoms with Crippen LogP contribution in [-0.4, -0.2) is 31.1 Å². The Balaban J connectivity index is 1.85. The van der Waals surface area contributed by atoms with Crippen LogP contribution in [0.25, 0.3) is 10.9 Å². The zero-order valence-corrected chi connectivity index (χ0v) is 14.3. The number of carbonyl (C=O) groups is 1. The number of H-pyrrole nitrogens is 1. The summed E-state index contributed by atoms with van der Waals surface area (Å²) in [6.07, 6.45) is 1.77. The van der Waals surface area contributed by atoms with Crippen LogP contribution in [0.15, 0.2) is 23.6 Å². The topological polar surface area (TPSA) is 79.0 Å². The van der Waals surface area contributed by atoms with Crippen LogP contribution in [0.2, 0.25) is 0 Å². The number of sulfone groups is 1. The zero-order chi connectivity index (χ0) is 16.8. The Morgan fingerprint density at radius 1 is 1.26 bits per heavy atom. The van der Waals surface area contributed by atoms with Crippen LogP contribution >= 0.6 is 0 Å². The average molecular weight is 332 g/mol. The van der Waals surface area contributed by atoms with Gasteiger partial charge in [-0.1, -0.05) is 12.1 Å². The fraction of sp³-hybridized carbons (Fsp3) is 0.353. The summed E-state index contributed by atoms with van der Waals surface area (Å²) in [4.78, 5) is 15.7. The van der Waals surface area contributed by atoms with Crippen molar-refractivity contribution in [2.24, 2.45) is 0 Å². The maximum atomic E-state index is 12.3. The molecule has 2 aromatic rings. The number of hydrogen-bond acceptors (Lipinski definition) is 3. The van der Waals surface area contributed by atoms with E-state index in [0.717, 1.165) is 33.3 Å². The van der Waals surface area contributed by atoms with Gasteiger partial charge in [-0.15, -0.1) is 0 Å². The number of aryl methyl sites for hydroxylation is 3. The highest BCUT2D eigenvalue weighted by molar-refractivity contribution is 7.94. The molecular weight excluding hydrogens is 312 g/mol. The Kier molecular flexibility index (Phi) is 3.80. The Hall–Kier alpha value is -2.08. The summed E-state index contributed by atoms with van der Waals surface area (Å²) in [6.45, 7) is 6.03. The van der Waals surface area contributed by atoms with Gasteiger partial charge >= 0.3 is 0 Å². The minimum absolute atomic E-state index is 0.0518. The molecule has 1 aromatic carbocycles. The van der Waals surface area contributed by atoms with Crippen molar-refractivity contribution in [3.05, 3.63) is 46.0 Å². The first-order valence-corrected chi connectivity index (χ1v) is 9.26. The highest BCUT2D eigenvalue weighted by Crippen LogP contribution is 2.28. The first kappa shape index (κ1) is 15.8. The Bertz CT molecular complexity index is 923. The van der Waals surface area contributed by atoms with Crippen molar-refractivity contribution in [1.29, 1.82) is 0 Å². The highest BCUT2D eigenvalue weighted by Gasteiger charge is 2.24. The molecule has 23 heavy (non-hydrogen) atoms. The van der Waals surface area contributed by atoms with Gasteiger partial charge in [0.25, 0.3) is 0 Å². The van der Waals surface area contributed by atoms with Gasteiger partial charge in [0.2, 0.25) is 5.91 Å². The molecule has 0 radical (unpaired) electrons. The van der Waals surface area contributed by atoms with Crippen LogP contribution in [0, 0.1) is 20.8 Å². The molecule has 0 spiro atoms. The predicted octanol–water partition coefficient (Wildman–Crippen LogP) is 2.06. The van der Waals surface area contributed by atoms with Gasteiger partial charge in [0.15, 0.2) is 9.84 Å². The van der Waals surface area contributed by atoms with E-state index in [0.29, 0.717) is 0 Å². The van der Waals surface area contributed by atoms with Gasteiger partial charge < -0.3 is 10.3 Å². The fourth-order valence-electron chi connectivity index (χ4n) is 3.12. The van der Waals surface area contributed by atoms with E-state index in [4.69, 9.17) is 0 Å². The quantitative estimate of drug-likeness (QED) is 0.903. The summed E-state index contributed by atoms with van der Waals surface area (Å²) in [6, 6.07) is 3.69. The fourth-order valence-corrected chi connectivity index (χ4v) is 4.35. The monoisotopic (exact) mass is 332 g/mol. The van der Waals surface area contributed by atoms with Crippen molar-refractivity contribution >= 4 is 26.6 Å². The number of benzene rings is 1. The second-order valence-electron chi connectivity index (χ2n) is 6.19. The molecule has 1 amide bonds. The normalized spacial score (nSPS) is 19.3. The van der Waals surface area contributed by atoms with Gasteiger partial charge in [0.05, 0.1) is 18.2 Å². The zero-order valence-electron chi connectivity index (χ0n) is 13.4. The summed E-state index contributed by atoms with van der Waals surface area (Å²) in [5.74, 6) is -0.217. The molecule has 6 heteroatoms. The van der Waals surface area contributed by atoms with E-state index >= 15 is 0 Å². The summed E-state index contributed by atoms with van der Waals surface area (Å²) < 4.78 is 22.8. The lowest BCUT2D eigenvalue weighted by molar-refractivity contribution is -0.120. The third-order valence-electron chi connectivity index (χ3n) is 4.30. The van der Waals surface area contributed by atoms with Crippen LogP contribution in [0.4, 0.5) is 0 Å².